The van der Waals surface area contributed by atoms with Crippen molar-refractivity contribution in [2.45, 2.75) is 27.2 Å². The Morgan fingerprint density at radius 1 is 1.23 bits per heavy atom. The number of hydrogen-bond donors (Lipinski definition) is 2. The number of rotatable bonds is 3. The van der Waals surface area contributed by atoms with Crippen LogP contribution in [0.2, 0.25) is 5.02 Å². The molecular weight excluding hydrogens is 298 g/mol. The number of nitrogens with one attached hydrogen (secondary N) is 1. The quantitative estimate of drug-likeness (QED) is 0.748. The maximum atomic E-state index is 10.7. The number of aryl methyl sites for hydroxylation is 1. The molecule has 1 heterocycles. The van der Waals surface area contributed by atoms with Crippen molar-refractivity contribution in [2.75, 3.05) is 0 Å². The lowest BCUT2D eigenvalue weighted by Crippen LogP contribution is -1.97. The summed E-state index contributed by atoms with van der Waals surface area (Å²) >= 11 is 6.38. The number of H-pyrrole nitrogens is 1. The average molecular weight is 316 g/mol. The molecule has 0 fully saturated rings. The molecule has 0 bridgehead atoms. The number of phenolic OH excluding ortho intramolecular Hbond substituents is 1. The number of halogens is 1. The van der Waals surface area contributed by atoms with Crippen LogP contribution in [0.5, 0.6) is 5.75 Å². The van der Waals surface area contributed by atoms with Gasteiger partial charge >= 0.3 is 0 Å². The average Bonchev–Trinajstić information content (AvgIpc) is 2.90. The van der Waals surface area contributed by atoms with Crippen LogP contribution in [0.15, 0.2) is 24.3 Å². The van der Waals surface area contributed by atoms with E-state index >= 15 is 0 Å². The first-order valence-corrected chi connectivity index (χ1v) is 7.67. The third-order valence-corrected chi connectivity index (χ3v) is 3.98. The summed E-state index contributed by atoms with van der Waals surface area (Å²) in [6.07, 6.45) is 0.812. The Morgan fingerprint density at radius 2 is 2.00 bits per heavy atom. The lowest BCUT2D eigenvalue weighted by atomic mass is 9.93. The van der Waals surface area contributed by atoms with Crippen molar-refractivity contribution < 1.29 is 5.11 Å². The van der Waals surface area contributed by atoms with Crippen LogP contribution >= 0.6 is 11.6 Å². The van der Waals surface area contributed by atoms with Crippen LogP contribution < -0.4 is 0 Å². The summed E-state index contributed by atoms with van der Waals surface area (Å²) in [5.41, 5.74) is 4.84. The monoisotopic (exact) mass is 315 g/mol. The molecule has 4 nitrogen and oxygen atoms in total. The van der Waals surface area contributed by atoms with Gasteiger partial charge in [-0.05, 0) is 48.6 Å². The van der Waals surface area contributed by atoms with Gasteiger partial charge in [0.2, 0.25) is 0 Å². The van der Waals surface area contributed by atoms with E-state index in [1.54, 1.807) is 6.07 Å². The Kier molecular flexibility index (Phi) is 3.79. The summed E-state index contributed by atoms with van der Waals surface area (Å²) < 4.78 is 0. The van der Waals surface area contributed by atoms with E-state index in [2.05, 4.69) is 29.3 Å². The number of aromatic nitrogens is 3. The first-order chi connectivity index (χ1) is 10.5. The standard InChI is InChI=1S/C17H18ClN3O/c1-9(2)6-11-7-10(3)8-12(17(11)22)15-13(18)4-5-14-16(15)20-21-19-14/h4-5,7-9,22H,6H2,1-3H3,(H,19,20,21). The predicted octanol–water partition coefficient (Wildman–Crippen LogP) is 4.49. The van der Waals surface area contributed by atoms with Crippen molar-refractivity contribution in [3.8, 4) is 16.9 Å². The Hall–Kier alpha value is -2.07. The van der Waals surface area contributed by atoms with Gasteiger partial charge in [-0.1, -0.05) is 31.5 Å². The number of phenols is 1. The molecule has 0 atom stereocenters. The second kappa shape index (κ2) is 5.61. The largest absolute Gasteiger partial charge is 0.507 e. The number of benzene rings is 2. The van der Waals surface area contributed by atoms with E-state index in [1.807, 2.05) is 25.1 Å². The highest BCUT2D eigenvalue weighted by Gasteiger charge is 2.18. The fraction of sp³-hybridized carbons (Fsp3) is 0.294. The number of aromatic hydroxyl groups is 1. The van der Waals surface area contributed by atoms with Gasteiger partial charge in [0.05, 0.1) is 5.02 Å². The number of nitrogens with zero attached hydrogens (tertiary/aromatic N) is 2. The molecule has 1 aromatic heterocycles. The zero-order chi connectivity index (χ0) is 15.9. The molecule has 0 saturated heterocycles. The molecule has 0 saturated carbocycles. The smallest absolute Gasteiger partial charge is 0.126 e. The van der Waals surface area contributed by atoms with E-state index in [0.717, 1.165) is 28.6 Å². The lowest BCUT2D eigenvalue weighted by Gasteiger charge is -2.14. The molecule has 22 heavy (non-hydrogen) atoms. The second-order valence-corrected chi connectivity index (χ2v) is 6.44. The number of fused-ring (bicyclic) bond motifs is 1. The molecule has 0 spiro atoms. The van der Waals surface area contributed by atoms with Crippen molar-refractivity contribution in [3.05, 3.63) is 40.4 Å². The summed E-state index contributed by atoms with van der Waals surface area (Å²) in [6, 6.07) is 7.56. The molecule has 0 aliphatic rings. The first-order valence-electron chi connectivity index (χ1n) is 7.29. The van der Waals surface area contributed by atoms with Gasteiger partial charge in [-0.3, -0.25) is 0 Å². The Bertz CT molecular complexity index is 839. The molecule has 0 amide bonds. The maximum absolute atomic E-state index is 10.7. The van der Waals surface area contributed by atoms with Crippen LogP contribution in [-0.4, -0.2) is 20.5 Å². The third kappa shape index (κ3) is 2.55. The van der Waals surface area contributed by atoms with Crippen molar-refractivity contribution >= 4 is 22.6 Å². The highest BCUT2D eigenvalue weighted by molar-refractivity contribution is 6.35. The molecule has 2 N–H and O–H groups in total. The van der Waals surface area contributed by atoms with Gasteiger partial charge in [-0.25, -0.2) is 0 Å². The van der Waals surface area contributed by atoms with Gasteiger partial charge in [-0.15, -0.1) is 0 Å². The third-order valence-electron chi connectivity index (χ3n) is 3.67. The van der Waals surface area contributed by atoms with E-state index in [1.165, 1.54) is 0 Å². The van der Waals surface area contributed by atoms with E-state index in [4.69, 9.17) is 11.6 Å². The Morgan fingerprint density at radius 3 is 2.73 bits per heavy atom. The summed E-state index contributed by atoms with van der Waals surface area (Å²) in [5.74, 6) is 0.732. The molecular formula is C17H18ClN3O. The van der Waals surface area contributed by atoms with Crippen molar-refractivity contribution in [2.24, 2.45) is 5.92 Å². The van der Waals surface area contributed by atoms with E-state index < -0.39 is 0 Å². The summed E-state index contributed by atoms with van der Waals surface area (Å²) in [7, 11) is 0. The van der Waals surface area contributed by atoms with Gasteiger partial charge in [0, 0.05) is 11.1 Å². The fourth-order valence-corrected chi connectivity index (χ4v) is 3.04. The normalized spacial score (nSPS) is 11.5. The van der Waals surface area contributed by atoms with Crippen LogP contribution in [0.25, 0.3) is 22.2 Å². The molecule has 3 rings (SSSR count). The van der Waals surface area contributed by atoms with Crippen molar-refractivity contribution in [3.63, 3.8) is 0 Å². The van der Waals surface area contributed by atoms with Crippen LogP contribution in [0, 0.1) is 12.8 Å². The molecule has 2 aromatic carbocycles. The molecule has 0 aliphatic carbocycles. The minimum absolute atomic E-state index is 0.275. The van der Waals surface area contributed by atoms with E-state index in [9.17, 15) is 5.11 Å². The molecule has 3 aromatic rings. The minimum atomic E-state index is 0.275. The number of hydrogen-bond acceptors (Lipinski definition) is 3. The van der Waals surface area contributed by atoms with Gasteiger partial charge in [0.15, 0.2) is 0 Å². The van der Waals surface area contributed by atoms with E-state index in [0.29, 0.717) is 22.0 Å². The first kappa shape index (κ1) is 14.9. The van der Waals surface area contributed by atoms with Crippen LogP contribution in [0.1, 0.15) is 25.0 Å². The summed E-state index contributed by atoms with van der Waals surface area (Å²) in [5, 5.41) is 22.2. The van der Waals surface area contributed by atoms with Gasteiger partial charge in [0.25, 0.3) is 0 Å². The van der Waals surface area contributed by atoms with Gasteiger partial charge in [-0.2, -0.15) is 15.4 Å². The van der Waals surface area contributed by atoms with Crippen molar-refractivity contribution in [1.29, 1.82) is 0 Å². The maximum Gasteiger partial charge on any atom is 0.126 e. The molecule has 114 valence electrons. The van der Waals surface area contributed by atoms with Gasteiger partial charge in [0.1, 0.15) is 16.8 Å². The van der Waals surface area contributed by atoms with E-state index in [-0.39, 0.29) is 5.75 Å². The zero-order valence-corrected chi connectivity index (χ0v) is 13.6. The lowest BCUT2D eigenvalue weighted by molar-refractivity contribution is 0.464. The fourth-order valence-electron chi connectivity index (χ4n) is 2.78. The minimum Gasteiger partial charge on any atom is -0.507 e. The molecule has 0 aliphatic heterocycles. The topological polar surface area (TPSA) is 61.8 Å². The Balaban J connectivity index is 2.28. The highest BCUT2D eigenvalue weighted by atomic mass is 35.5. The summed E-state index contributed by atoms with van der Waals surface area (Å²) in [6.45, 7) is 6.28. The SMILES string of the molecule is Cc1cc(CC(C)C)c(O)c(-c2c(Cl)ccc3n[nH]nc23)c1. The molecule has 0 unspecified atom stereocenters. The highest BCUT2D eigenvalue weighted by Crippen LogP contribution is 2.41. The van der Waals surface area contributed by atoms with Crippen LogP contribution in [0.4, 0.5) is 0 Å². The van der Waals surface area contributed by atoms with Crippen LogP contribution in [-0.2, 0) is 6.42 Å². The summed E-state index contributed by atoms with van der Waals surface area (Å²) in [4.78, 5) is 0. The number of aromatic amines is 1. The predicted molar refractivity (Wildman–Crippen MR) is 89.3 cm³/mol. The van der Waals surface area contributed by atoms with Crippen LogP contribution in [0.3, 0.4) is 0 Å². The second-order valence-electron chi connectivity index (χ2n) is 6.03. The zero-order valence-electron chi connectivity index (χ0n) is 12.8. The molecule has 5 heteroatoms. The van der Waals surface area contributed by atoms with Crippen molar-refractivity contribution in [1.82, 2.24) is 15.4 Å². The Labute approximate surface area is 134 Å². The molecule has 0 radical (unpaired) electrons. The van der Waals surface area contributed by atoms with Gasteiger partial charge < -0.3 is 5.11 Å².